The molecule has 0 spiro atoms. The molecule has 4 heteroatoms. The largest absolute Gasteiger partial charge is 0.410 e. The lowest BCUT2D eigenvalue weighted by atomic mass is 9.87. The van der Waals surface area contributed by atoms with E-state index in [0.717, 1.165) is 5.56 Å². The van der Waals surface area contributed by atoms with Crippen LogP contribution >= 0.6 is 0 Å². The van der Waals surface area contributed by atoms with E-state index in [0.29, 0.717) is 11.4 Å². The normalized spacial score (nSPS) is 11.1. The Bertz CT molecular complexity index is 381. The Morgan fingerprint density at radius 2 is 1.93 bits per heavy atom. The standard InChI is InChI=1S/C11H16N2O2/c1-11(2,3)7-4-5-9(8(12)6-7)15-10(13)14/h4-6H,12H2,1-3H3,(H2,13,14). The molecule has 1 amide bonds. The van der Waals surface area contributed by atoms with Crippen LogP contribution in [0.15, 0.2) is 18.2 Å². The molecule has 82 valence electrons. The quantitative estimate of drug-likeness (QED) is 0.693. The Labute approximate surface area is 89.2 Å². The molecule has 0 atom stereocenters. The van der Waals surface area contributed by atoms with Gasteiger partial charge in [-0.25, -0.2) is 4.79 Å². The number of primary amides is 1. The minimum atomic E-state index is -0.856. The molecular weight excluding hydrogens is 192 g/mol. The molecule has 0 aliphatic rings. The molecule has 0 unspecified atom stereocenters. The number of hydrogen-bond donors (Lipinski definition) is 2. The van der Waals surface area contributed by atoms with E-state index >= 15 is 0 Å². The summed E-state index contributed by atoms with van der Waals surface area (Å²) in [4.78, 5) is 10.5. The Hall–Kier alpha value is -1.71. The smallest absolute Gasteiger partial charge is 0.408 e. The Balaban J connectivity index is 3.03. The van der Waals surface area contributed by atoms with Crippen LogP contribution in [0.5, 0.6) is 5.75 Å². The van der Waals surface area contributed by atoms with Crippen LogP contribution in [-0.2, 0) is 5.41 Å². The first-order chi connectivity index (χ1) is 6.80. The van der Waals surface area contributed by atoms with Crippen molar-refractivity contribution >= 4 is 11.8 Å². The lowest BCUT2D eigenvalue weighted by Gasteiger charge is -2.20. The van der Waals surface area contributed by atoms with Gasteiger partial charge in [0.05, 0.1) is 5.69 Å². The van der Waals surface area contributed by atoms with Crippen molar-refractivity contribution in [2.75, 3.05) is 5.73 Å². The highest BCUT2D eigenvalue weighted by atomic mass is 16.5. The van der Waals surface area contributed by atoms with Gasteiger partial charge in [0.1, 0.15) is 0 Å². The summed E-state index contributed by atoms with van der Waals surface area (Å²) < 4.78 is 4.73. The van der Waals surface area contributed by atoms with Crippen LogP contribution in [0.1, 0.15) is 26.3 Å². The van der Waals surface area contributed by atoms with E-state index in [1.54, 1.807) is 12.1 Å². The lowest BCUT2D eigenvalue weighted by molar-refractivity contribution is 0.211. The molecule has 4 nitrogen and oxygen atoms in total. The van der Waals surface area contributed by atoms with E-state index in [1.165, 1.54) is 0 Å². The summed E-state index contributed by atoms with van der Waals surface area (Å²) in [5.41, 5.74) is 12.1. The number of anilines is 1. The van der Waals surface area contributed by atoms with E-state index in [2.05, 4.69) is 20.8 Å². The molecule has 0 aliphatic carbocycles. The van der Waals surface area contributed by atoms with Crippen molar-refractivity contribution in [3.63, 3.8) is 0 Å². The molecule has 15 heavy (non-hydrogen) atoms. The minimum absolute atomic E-state index is 0.0133. The van der Waals surface area contributed by atoms with Crippen molar-refractivity contribution in [2.24, 2.45) is 5.73 Å². The van der Waals surface area contributed by atoms with Gasteiger partial charge in [0, 0.05) is 0 Å². The third kappa shape index (κ3) is 2.87. The zero-order valence-corrected chi connectivity index (χ0v) is 9.20. The molecule has 1 aromatic rings. The first-order valence-electron chi connectivity index (χ1n) is 4.68. The zero-order chi connectivity index (χ0) is 11.6. The number of nitrogens with two attached hydrogens (primary N) is 2. The minimum Gasteiger partial charge on any atom is -0.408 e. The third-order valence-electron chi connectivity index (χ3n) is 2.09. The van der Waals surface area contributed by atoms with Crippen LogP contribution in [0.2, 0.25) is 0 Å². The molecular formula is C11H16N2O2. The predicted octanol–water partition coefficient (Wildman–Crippen LogP) is 2.02. The number of benzene rings is 1. The first-order valence-corrected chi connectivity index (χ1v) is 4.68. The van der Waals surface area contributed by atoms with E-state index in [1.807, 2.05) is 6.07 Å². The van der Waals surface area contributed by atoms with Crippen LogP contribution in [-0.4, -0.2) is 6.09 Å². The highest BCUT2D eigenvalue weighted by Crippen LogP contribution is 2.29. The molecule has 0 bridgehead atoms. The molecule has 4 N–H and O–H groups in total. The molecule has 0 heterocycles. The van der Waals surface area contributed by atoms with Crippen LogP contribution in [0.4, 0.5) is 10.5 Å². The summed E-state index contributed by atoms with van der Waals surface area (Å²) in [6, 6.07) is 5.31. The van der Waals surface area contributed by atoms with Gasteiger partial charge in [0.25, 0.3) is 0 Å². The van der Waals surface area contributed by atoms with Gasteiger partial charge in [-0.3, -0.25) is 0 Å². The topological polar surface area (TPSA) is 78.3 Å². The van der Waals surface area contributed by atoms with Crippen molar-refractivity contribution in [1.82, 2.24) is 0 Å². The number of rotatable bonds is 1. The molecule has 0 fully saturated rings. The molecule has 0 aliphatic heterocycles. The maximum atomic E-state index is 10.5. The fourth-order valence-electron chi connectivity index (χ4n) is 1.22. The number of hydrogen-bond acceptors (Lipinski definition) is 3. The average molecular weight is 208 g/mol. The number of carbonyl (C=O) groups excluding carboxylic acids is 1. The van der Waals surface area contributed by atoms with Crippen molar-refractivity contribution in [1.29, 1.82) is 0 Å². The number of nitrogen functional groups attached to an aromatic ring is 1. The van der Waals surface area contributed by atoms with Crippen LogP contribution < -0.4 is 16.2 Å². The summed E-state index contributed by atoms with van der Waals surface area (Å²) >= 11 is 0. The Kier molecular flexibility index (Phi) is 2.88. The molecule has 0 radical (unpaired) electrons. The highest BCUT2D eigenvalue weighted by Gasteiger charge is 2.15. The summed E-state index contributed by atoms with van der Waals surface area (Å²) in [5.74, 6) is 0.301. The van der Waals surface area contributed by atoms with E-state index in [4.69, 9.17) is 16.2 Å². The Morgan fingerprint density at radius 1 is 1.33 bits per heavy atom. The van der Waals surface area contributed by atoms with Crippen LogP contribution in [0, 0.1) is 0 Å². The number of carbonyl (C=O) groups is 1. The van der Waals surface area contributed by atoms with Gasteiger partial charge in [0.15, 0.2) is 5.75 Å². The highest BCUT2D eigenvalue weighted by molar-refractivity contribution is 5.71. The van der Waals surface area contributed by atoms with Gasteiger partial charge in [-0.15, -0.1) is 0 Å². The van der Waals surface area contributed by atoms with Gasteiger partial charge in [-0.1, -0.05) is 26.8 Å². The molecule has 0 saturated carbocycles. The average Bonchev–Trinajstić information content (AvgIpc) is 2.05. The fourth-order valence-corrected chi connectivity index (χ4v) is 1.22. The second kappa shape index (κ2) is 3.81. The monoisotopic (exact) mass is 208 g/mol. The summed E-state index contributed by atoms with van der Waals surface area (Å²) in [5, 5.41) is 0. The summed E-state index contributed by atoms with van der Waals surface area (Å²) in [6.07, 6.45) is -0.856. The van der Waals surface area contributed by atoms with Gasteiger partial charge < -0.3 is 16.2 Å². The predicted molar refractivity (Wildman–Crippen MR) is 59.8 cm³/mol. The molecule has 1 rings (SSSR count). The van der Waals surface area contributed by atoms with Gasteiger partial charge >= 0.3 is 6.09 Å². The summed E-state index contributed by atoms with van der Waals surface area (Å²) in [7, 11) is 0. The lowest BCUT2D eigenvalue weighted by Crippen LogP contribution is -2.17. The van der Waals surface area contributed by atoms with Crippen molar-refractivity contribution < 1.29 is 9.53 Å². The summed E-state index contributed by atoms with van der Waals surface area (Å²) in [6.45, 7) is 6.24. The second-order valence-corrected chi connectivity index (χ2v) is 4.42. The fraction of sp³-hybridized carbons (Fsp3) is 0.364. The van der Waals surface area contributed by atoms with E-state index in [9.17, 15) is 4.79 Å². The zero-order valence-electron chi connectivity index (χ0n) is 9.20. The van der Waals surface area contributed by atoms with Crippen LogP contribution in [0.25, 0.3) is 0 Å². The van der Waals surface area contributed by atoms with Crippen LogP contribution in [0.3, 0.4) is 0 Å². The van der Waals surface area contributed by atoms with Crippen molar-refractivity contribution in [3.8, 4) is 5.75 Å². The maximum Gasteiger partial charge on any atom is 0.410 e. The molecule has 1 aromatic carbocycles. The maximum absolute atomic E-state index is 10.5. The van der Waals surface area contributed by atoms with E-state index in [-0.39, 0.29) is 5.41 Å². The van der Waals surface area contributed by atoms with Crippen molar-refractivity contribution in [2.45, 2.75) is 26.2 Å². The first kappa shape index (κ1) is 11.4. The SMILES string of the molecule is CC(C)(C)c1ccc(OC(N)=O)c(N)c1. The Morgan fingerprint density at radius 3 is 2.33 bits per heavy atom. The molecule has 0 saturated heterocycles. The number of amides is 1. The third-order valence-corrected chi connectivity index (χ3v) is 2.09. The van der Waals surface area contributed by atoms with Gasteiger partial charge in [0.2, 0.25) is 0 Å². The van der Waals surface area contributed by atoms with E-state index < -0.39 is 6.09 Å². The second-order valence-electron chi connectivity index (χ2n) is 4.42. The van der Waals surface area contributed by atoms with Crippen molar-refractivity contribution in [3.05, 3.63) is 23.8 Å². The van der Waals surface area contributed by atoms with Gasteiger partial charge in [-0.2, -0.15) is 0 Å². The van der Waals surface area contributed by atoms with Gasteiger partial charge in [-0.05, 0) is 23.1 Å². The number of ether oxygens (including phenoxy) is 1. The molecule has 0 aromatic heterocycles.